The standard InChI is InChI=1S/C24H26N2O5S/c1-17(2)16-23(24-6-5-15-31-24)26(20-9-11-21(30-4)12-10-20)32(28,29)22-13-7-19(8-14-22)25-18(3)27/h5-15,23H,1,16H2,2-4H3,(H,25,27). The fraction of sp³-hybridized carbons (Fsp3) is 0.208. The maximum Gasteiger partial charge on any atom is 0.265 e. The maximum atomic E-state index is 13.9. The predicted octanol–water partition coefficient (Wildman–Crippen LogP) is 5.15. The van der Waals surface area contributed by atoms with Gasteiger partial charge in [0.05, 0.1) is 24.0 Å². The molecule has 0 aliphatic rings. The first-order valence-electron chi connectivity index (χ1n) is 9.96. The normalized spacial score (nSPS) is 12.1. The van der Waals surface area contributed by atoms with Crippen LogP contribution in [-0.4, -0.2) is 21.4 Å². The Labute approximate surface area is 188 Å². The molecular weight excluding hydrogens is 428 g/mol. The first-order valence-corrected chi connectivity index (χ1v) is 11.4. The third kappa shape index (κ3) is 5.20. The van der Waals surface area contributed by atoms with Gasteiger partial charge in [-0.15, -0.1) is 6.58 Å². The van der Waals surface area contributed by atoms with Crippen LogP contribution >= 0.6 is 0 Å². The molecule has 1 aromatic heterocycles. The second-order valence-corrected chi connectivity index (χ2v) is 9.21. The first-order chi connectivity index (χ1) is 15.2. The molecule has 1 atom stereocenters. The molecule has 0 aliphatic heterocycles. The number of nitrogens with one attached hydrogen (secondary N) is 1. The van der Waals surface area contributed by atoms with E-state index in [4.69, 9.17) is 9.15 Å². The van der Waals surface area contributed by atoms with Crippen LogP contribution in [0.15, 0.2) is 88.4 Å². The van der Waals surface area contributed by atoms with E-state index < -0.39 is 16.1 Å². The monoisotopic (exact) mass is 454 g/mol. The molecule has 1 heterocycles. The van der Waals surface area contributed by atoms with E-state index in [2.05, 4.69) is 11.9 Å². The van der Waals surface area contributed by atoms with Gasteiger partial charge in [-0.1, -0.05) is 5.57 Å². The van der Waals surface area contributed by atoms with E-state index in [0.717, 1.165) is 5.57 Å². The van der Waals surface area contributed by atoms with Gasteiger partial charge < -0.3 is 14.5 Å². The van der Waals surface area contributed by atoms with Crippen LogP contribution < -0.4 is 14.4 Å². The molecule has 3 rings (SSSR count). The molecule has 0 spiro atoms. The number of hydrogen-bond acceptors (Lipinski definition) is 5. The van der Waals surface area contributed by atoms with E-state index in [1.54, 1.807) is 55.6 Å². The Bertz CT molecular complexity index is 1170. The highest BCUT2D eigenvalue weighted by atomic mass is 32.2. The average molecular weight is 455 g/mol. The van der Waals surface area contributed by atoms with E-state index in [-0.39, 0.29) is 10.8 Å². The van der Waals surface area contributed by atoms with Gasteiger partial charge in [0.15, 0.2) is 0 Å². The van der Waals surface area contributed by atoms with Crippen LogP contribution in [0.5, 0.6) is 5.75 Å². The fourth-order valence-electron chi connectivity index (χ4n) is 3.35. The summed E-state index contributed by atoms with van der Waals surface area (Å²) in [5.74, 6) is 0.877. The number of furan rings is 1. The van der Waals surface area contributed by atoms with Crippen molar-refractivity contribution in [1.29, 1.82) is 0 Å². The third-order valence-corrected chi connectivity index (χ3v) is 6.61. The Kier molecular flexibility index (Phi) is 7.05. The highest BCUT2D eigenvalue weighted by Gasteiger charge is 2.34. The summed E-state index contributed by atoms with van der Waals surface area (Å²) in [4.78, 5) is 11.4. The molecule has 0 saturated carbocycles. The van der Waals surface area contributed by atoms with Gasteiger partial charge in [0.2, 0.25) is 5.91 Å². The molecule has 0 radical (unpaired) electrons. The maximum absolute atomic E-state index is 13.9. The zero-order chi connectivity index (χ0) is 23.3. The van der Waals surface area contributed by atoms with E-state index in [9.17, 15) is 13.2 Å². The number of ether oxygens (including phenoxy) is 1. The summed E-state index contributed by atoms with van der Waals surface area (Å²) in [6.45, 7) is 7.21. The molecule has 0 bridgehead atoms. The highest BCUT2D eigenvalue weighted by molar-refractivity contribution is 7.92. The van der Waals surface area contributed by atoms with Crippen LogP contribution in [0, 0.1) is 0 Å². The summed E-state index contributed by atoms with van der Waals surface area (Å²) in [5.41, 5.74) is 1.78. The van der Waals surface area contributed by atoms with Crippen LogP contribution in [0.2, 0.25) is 0 Å². The topological polar surface area (TPSA) is 88.8 Å². The van der Waals surface area contributed by atoms with Crippen molar-refractivity contribution in [1.82, 2.24) is 0 Å². The van der Waals surface area contributed by atoms with Crippen molar-refractivity contribution >= 4 is 27.3 Å². The number of benzene rings is 2. The van der Waals surface area contributed by atoms with Gasteiger partial charge in [-0.3, -0.25) is 9.10 Å². The van der Waals surface area contributed by atoms with Gasteiger partial charge in [0.25, 0.3) is 10.0 Å². The molecule has 1 unspecified atom stereocenters. The summed E-state index contributed by atoms with van der Waals surface area (Å²) in [6.07, 6.45) is 1.88. The minimum absolute atomic E-state index is 0.0840. The second kappa shape index (κ2) is 9.74. The lowest BCUT2D eigenvalue weighted by Crippen LogP contribution is -2.35. The molecule has 1 N–H and O–H groups in total. The van der Waals surface area contributed by atoms with E-state index in [1.165, 1.54) is 29.6 Å². The third-order valence-electron chi connectivity index (χ3n) is 4.75. The summed E-state index contributed by atoms with van der Waals surface area (Å²) in [5, 5.41) is 2.64. The Hall–Kier alpha value is -3.52. The Balaban J connectivity index is 2.13. The lowest BCUT2D eigenvalue weighted by molar-refractivity contribution is -0.114. The van der Waals surface area contributed by atoms with Crippen molar-refractivity contribution in [3.8, 4) is 5.75 Å². The lowest BCUT2D eigenvalue weighted by atomic mass is 10.1. The Morgan fingerprint density at radius 3 is 2.25 bits per heavy atom. The van der Waals surface area contributed by atoms with E-state index in [1.807, 2.05) is 6.92 Å². The number of hydrogen-bond donors (Lipinski definition) is 1. The predicted molar refractivity (Wildman–Crippen MR) is 124 cm³/mol. The van der Waals surface area contributed by atoms with Crippen molar-refractivity contribution < 1.29 is 22.4 Å². The molecule has 168 valence electrons. The van der Waals surface area contributed by atoms with E-state index >= 15 is 0 Å². The number of methoxy groups -OCH3 is 1. The van der Waals surface area contributed by atoms with Crippen molar-refractivity contribution in [3.63, 3.8) is 0 Å². The van der Waals surface area contributed by atoms with Gasteiger partial charge >= 0.3 is 0 Å². The van der Waals surface area contributed by atoms with Crippen LogP contribution in [-0.2, 0) is 14.8 Å². The number of anilines is 2. The second-order valence-electron chi connectivity index (χ2n) is 7.40. The summed E-state index contributed by atoms with van der Waals surface area (Å²) in [6, 6.07) is 15.7. The average Bonchev–Trinajstić information content (AvgIpc) is 3.28. The lowest BCUT2D eigenvalue weighted by Gasteiger charge is -2.32. The molecule has 0 saturated heterocycles. The Morgan fingerprint density at radius 1 is 1.09 bits per heavy atom. The highest BCUT2D eigenvalue weighted by Crippen LogP contribution is 2.38. The number of amides is 1. The molecule has 2 aromatic carbocycles. The van der Waals surface area contributed by atoms with Gasteiger partial charge in [-0.25, -0.2) is 8.42 Å². The summed E-state index contributed by atoms with van der Waals surface area (Å²) >= 11 is 0. The van der Waals surface area contributed by atoms with Crippen LogP contribution in [0.1, 0.15) is 32.1 Å². The smallest absolute Gasteiger partial charge is 0.265 e. The molecule has 0 fully saturated rings. The molecular formula is C24H26N2O5S. The quantitative estimate of drug-likeness (QED) is 0.452. The van der Waals surface area contributed by atoms with Crippen LogP contribution in [0.25, 0.3) is 0 Å². The van der Waals surface area contributed by atoms with Crippen molar-refractivity contribution in [2.45, 2.75) is 31.2 Å². The van der Waals surface area contributed by atoms with Crippen molar-refractivity contribution in [3.05, 3.63) is 84.8 Å². The van der Waals surface area contributed by atoms with Crippen molar-refractivity contribution in [2.24, 2.45) is 0 Å². The molecule has 0 aliphatic carbocycles. The minimum atomic E-state index is -4.01. The van der Waals surface area contributed by atoms with Gasteiger partial charge in [0, 0.05) is 12.6 Å². The zero-order valence-corrected chi connectivity index (χ0v) is 19.1. The molecule has 8 heteroatoms. The summed E-state index contributed by atoms with van der Waals surface area (Å²) < 4.78 is 39.9. The number of sulfonamides is 1. The Morgan fingerprint density at radius 2 is 1.75 bits per heavy atom. The van der Waals surface area contributed by atoms with Gasteiger partial charge in [0.1, 0.15) is 17.6 Å². The van der Waals surface area contributed by atoms with Gasteiger partial charge in [-0.05, 0) is 74.0 Å². The number of nitrogens with zero attached hydrogens (tertiary/aromatic N) is 1. The number of carbonyl (C=O) groups excluding carboxylic acids is 1. The van der Waals surface area contributed by atoms with Gasteiger partial charge in [-0.2, -0.15) is 0 Å². The molecule has 7 nitrogen and oxygen atoms in total. The summed E-state index contributed by atoms with van der Waals surface area (Å²) in [7, 11) is -2.46. The SMILES string of the molecule is C=C(C)CC(c1ccco1)N(c1ccc(OC)cc1)S(=O)(=O)c1ccc(NC(C)=O)cc1. The first kappa shape index (κ1) is 23.1. The number of rotatable bonds is 9. The largest absolute Gasteiger partial charge is 0.497 e. The van der Waals surface area contributed by atoms with Crippen LogP contribution in [0.4, 0.5) is 11.4 Å². The minimum Gasteiger partial charge on any atom is -0.497 e. The van der Waals surface area contributed by atoms with E-state index in [0.29, 0.717) is 29.3 Å². The fourth-order valence-corrected chi connectivity index (χ4v) is 4.97. The van der Waals surface area contributed by atoms with Crippen LogP contribution in [0.3, 0.4) is 0 Å². The number of carbonyl (C=O) groups is 1. The van der Waals surface area contributed by atoms with Crippen molar-refractivity contribution in [2.75, 3.05) is 16.7 Å². The zero-order valence-electron chi connectivity index (χ0n) is 18.2. The molecule has 3 aromatic rings. The molecule has 1 amide bonds. The molecule has 32 heavy (non-hydrogen) atoms.